The Bertz CT molecular complexity index is 84.0. The van der Waals surface area contributed by atoms with Gasteiger partial charge in [0.25, 0.3) is 0 Å². The highest BCUT2D eigenvalue weighted by atomic mass is 14.8. The van der Waals surface area contributed by atoms with Gasteiger partial charge in [-0.25, -0.2) is 9.97 Å². The van der Waals surface area contributed by atoms with Gasteiger partial charge in [0.1, 0.15) is 6.33 Å². The van der Waals surface area contributed by atoms with Crippen LogP contribution >= 0.6 is 0 Å². The van der Waals surface area contributed by atoms with Crippen LogP contribution in [0.4, 0.5) is 0 Å². The molecule has 0 aliphatic carbocycles. The average molecular weight is 86.1 g/mol. The van der Waals surface area contributed by atoms with Crippen molar-refractivity contribution >= 4 is 0 Å². The summed E-state index contributed by atoms with van der Waals surface area (Å²) in [5.74, 6) is 0. The summed E-state index contributed by atoms with van der Waals surface area (Å²) in [5, 5.41) is 0. The van der Waals surface area contributed by atoms with Gasteiger partial charge in [-0.05, 0) is 6.07 Å². The second kappa shape index (κ2) is 1.50. The Morgan fingerprint density at radius 3 is 2.17 bits per heavy atom. The number of hydrogen-bond acceptors (Lipinski definition) is 2. The van der Waals surface area contributed by atoms with Crippen LogP contribution in [0.1, 0.15) is 2.97 Å². The van der Waals surface area contributed by atoms with Crippen LogP contribution in [0.2, 0.25) is 0 Å². The maximum Gasteiger partial charge on any atom is 0.115 e. The van der Waals surface area contributed by atoms with Gasteiger partial charge in [0.15, 0.2) is 0 Å². The van der Waals surface area contributed by atoms with Gasteiger partial charge in [0, 0.05) is 15.4 Å². The first-order valence-electron chi connectivity index (χ1n) is 2.70. The van der Waals surface area contributed by atoms with Gasteiger partial charge in [-0.3, -0.25) is 0 Å². The third-order valence-corrected chi connectivity index (χ3v) is 0.478. The predicted octanol–water partition coefficient (Wildman–Crippen LogP) is 0.723. The molecule has 0 N–H and O–H groups in total. The zero-order valence-corrected chi connectivity index (χ0v) is 3.20. The maximum atomic E-state index is 5.00. The fraction of sp³-hybridized carbons (Fsp3) is 0. The molecule has 0 aliphatic rings. The molecule has 0 atom stereocenters. The van der Waals surface area contributed by atoms with Crippen LogP contribution in [-0.2, 0) is 0 Å². The fourth-order valence-corrected chi connectivity index (χ4v) is 0.253. The van der Waals surface area contributed by atoms with Crippen molar-refractivity contribution in [1.29, 1.82) is 0 Å². The van der Waals surface area contributed by atoms with E-state index in [4.69, 9.17) is 2.97 Å². The number of hydrogen-bond donors (Lipinski definition) is 0. The predicted molar refractivity (Wildman–Crippen MR) is 24.1 cm³/mol. The summed E-state index contributed by atoms with van der Waals surface area (Å²) in [6.45, 7) is 0. The molecule has 32 valence electrons. The van der Waals surface area contributed by atoms with Gasteiger partial charge < -0.3 is 0 Å². The average Bonchev–Trinajstić information content (AvgIpc) is 1.96. The molecule has 0 spiro atoms. The lowest BCUT2D eigenvalue weighted by Crippen LogP contribution is -1.66. The zero-order valence-electron chi connectivity index (χ0n) is 5.20. The van der Waals surface area contributed by atoms with Crippen LogP contribution < -0.4 is 0 Å². The molecule has 0 saturated carbocycles. The van der Waals surface area contributed by atoms with E-state index in [9.17, 15) is 0 Å². The van der Waals surface area contributed by atoms with E-state index in [2.05, 4.69) is 9.97 Å². The molecule has 0 radical (unpaired) electrons. The van der Waals surface area contributed by atoms with Crippen LogP contribution in [0.3, 0.4) is 0 Å². The van der Waals surface area contributed by atoms with Gasteiger partial charge in [-0.15, -0.1) is 0 Å². The fourth-order valence-electron chi connectivity index (χ4n) is 0.253. The Hall–Kier alpha value is -0.920. The Morgan fingerprint density at radius 2 is 2.00 bits per heavy atom. The normalized spacial score (nSPS) is 9.33. The van der Waals surface area contributed by atoms with E-state index >= 15 is 0 Å². The largest absolute Gasteiger partial charge is 0.245 e. The minimum absolute atomic E-state index is 1.50. The van der Waals surface area contributed by atoms with Crippen LogP contribution in [-0.4, -0.2) is 9.97 Å². The molecule has 0 fully saturated rings. The molecule has 0 unspecified atom stereocenters. The number of rotatable bonds is 0. The van der Waals surface area contributed by atoms with E-state index in [0.29, 0.717) is 0 Å². The van der Waals surface area contributed by atoms with E-state index in [1.54, 1.807) is 18.5 Å². The minimum Gasteiger partial charge on any atom is -0.245 e. The molecule has 0 bridgehead atoms. The Balaban J connectivity index is 0.000000222. The lowest BCUT2D eigenvalue weighted by molar-refractivity contribution is 1.17. The van der Waals surface area contributed by atoms with E-state index in [1.165, 1.54) is 6.33 Å². The highest BCUT2D eigenvalue weighted by molar-refractivity contribution is 4.74. The second-order valence-electron chi connectivity index (χ2n) is 0.904. The monoisotopic (exact) mass is 86.1 g/mol. The van der Waals surface area contributed by atoms with E-state index in [1.807, 2.05) is 0 Å². The van der Waals surface area contributed by atoms with Crippen LogP contribution in [0, 0.1) is 0 Å². The van der Waals surface area contributed by atoms with Gasteiger partial charge in [-0.2, -0.15) is 0 Å². The molecule has 0 aromatic carbocycles. The first kappa shape index (κ1) is 2.29. The molecule has 6 heavy (non-hydrogen) atoms. The van der Waals surface area contributed by atoms with E-state index < -0.39 is 0 Å². The summed E-state index contributed by atoms with van der Waals surface area (Å²) in [4.78, 5) is 7.35. The summed E-state index contributed by atoms with van der Waals surface area (Å²) >= 11 is 0. The lowest BCUT2D eigenvalue weighted by Gasteiger charge is -1.70. The highest BCUT2D eigenvalue weighted by Gasteiger charge is 1.59. The Morgan fingerprint density at radius 1 is 1.33 bits per heavy atom. The van der Waals surface area contributed by atoms with Crippen molar-refractivity contribution in [3.63, 3.8) is 0 Å². The molecule has 0 saturated heterocycles. The van der Waals surface area contributed by atoms with Crippen molar-refractivity contribution in [2.24, 2.45) is 0 Å². The van der Waals surface area contributed by atoms with Gasteiger partial charge in [-0.1, -0.05) is 0 Å². The van der Waals surface area contributed by atoms with E-state index in [-0.39, 0.29) is 0 Å². The summed E-state index contributed by atoms with van der Waals surface area (Å²) in [6, 6.07) is 1.78. The third-order valence-electron chi connectivity index (χ3n) is 0.478. The van der Waals surface area contributed by atoms with Crippen LogP contribution in [0.5, 0.6) is 0 Å². The van der Waals surface area contributed by atoms with Gasteiger partial charge >= 0.3 is 0 Å². The van der Waals surface area contributed by atoms with Crippen LogP contribution in [0.25, 0.3) is 0 Å². The molecule has 2 nitrogen and oxygen atoms in total. The quantitative estimate of drug-likeness (QED) is 0.465. The summed E-state index contributed by atoms with van der Waals surface area (Å²) < 4.78 is 10.0. The molecule has 0 amide bonds. The SMILES string of the molecule is [3H][3H].c1cncnc1. The molecular weight excluding hydrogens is 76.1 g/mol. The minimum atomic E-state index is 1.50. The molecule has 1 rings (SSSR count). The van der Waals surface area contributed by atoms with Crippen molar-refractivity contribution in [2.45, 2.75) is 0 Å². The standard InChI is InChI=1S/C4H4N2.H2/c1-2-5-4-6-3-1;/h1-4H;1H/i;1+2T. The number of aromatic nitrogens is 2. The first-order valence-corrected chi connectivity index (χ1v) is 1.70. The van der Waals surface area contributed by atoms with Crippen molar-refractivity contribution in [3.8, 4) is 0 Å². The van der Waals surface area contributed by atoms with Crippen molar-refractivity contribution in [2.75, 3.05) is 0 Å². The molecule has 1 heterocycles. The Kier molecular flexibility index (Phi) is 0.572. The first-order chi connectivity index (χ1) is 4.00. The van der Waals surface area contributed by atoms with Gasteiger partial charge in [0.2, 0.25) is 0 Å². The third kappa shape index (κ3) is 0.516. The molecule has 0 aliphatic heterocycles. The topological polar surface area (TPSA) is 25.8 Å². The number of nitrogens with zero attached hydrogens (tertiary/aromatic N) is 2. The Labute approximate surface area is 39.0 Å². The molecular formula is C4H6N2. The smallest absolute Gasteiger partial charge is 0.115 e. The zero-order chi connectivity index (χ0) is 6.24. The summed E-state index contributed by atoms with van der Waals surface area (Å²) in [6.07, 6.45) is 4.88. The summed E-state index contributed by atoms with van der Waals surface area (Å²) in [5.41, 5.74) is 0. The highest BCUT2D eigenvalue weighted by Crippen LogP contribution is 1.66. The van der Waals surface area contributed by atoms with Crippen molar-refractivity contribution < 1.29 is 2.97 Å². The maximum absolute atomic E-state index is 5.00. The van der Waals surface area contributed by atoms with Gasteiger partial charge in [0.05, 0.1) is 0 Å². The summed E-state index contributed by atoms with van der Waals surface area (Å²) in [7, 11) is 0. The second-order valence-corrected chi connectivity index (χ2v) is 0.904. The van der Waals surface area contributed by atoms with Crippen molar-refractivity contribution in [1.82, 2.24) is 9.97 Å². The van der Waals surface area contributed by atoms with Crippen LogP contribution in [0.15, 0.2) is 24.8 Å². The molecule has 1 aromatic rings. The molecule has 2 heteroatoms. The van der Waals surface area contributed by atoms with Crippen molar-refractivity contribution in [3.05, 3.63) is 24.8 Å². The lowest BCUT2D eigenvalue weighted by atomic mass is 10.7. The van der Waals surface area contributed by atoms with E-state index in [0.717, 1.165) is 0 Å². The molecule has 1 aromatic heterocycles.